The normalized spacial score (nSPS) is 13.8. The van der Waals surface area contributed by atoms with Gasteiger partial charge in [-0.3, -0.25) is 9.59 Å². The number of carbonyl (C=O) groups is 3. The predicted octanol–water partition coefficient (Wildman–Crippen LogP) is 3.24. The molecule has 0 atom stereocenters. The molecule has 5 nitrogen and oxygen atoms in total. The molecule has 0 bridgehead atoms. The lowest BCUT2D eigenvalue weighted by Crippen LogP contribution is -2.33. The number of esters is 1. The molecule has 0 unspecified atom stereocenters. The molecule has 0 fully saturated rings. The third kappa shape index (κ3) is 3.39. The van der Waals surface area contributed by atoms with Crippen LogP contribution < -0.4 is 4.90 Å². The maximum atomic E-state index is 12.3. The van der Waals surface area contributed by atoms with E-state index in [2.05, 4.69) is 15.9 Å². The van der Waals surface area contributed by atoms with Crippen molar-refractivity contribution in [1.82, 2.24) is 0 Å². The number of hydrogen-bond acceptors (Lipinski definition) is 4. The molecule has 1 aliphatic heterocycles. The van der Waals surface area contributed by atoms with Crippen LogP contribution in [0.5, 0.6) is 0 Å². The number of methoxy groups -OCH3 is 1. The number of ketones is 1. The number of para-hydroxylation sites is 1. The lowest BCUT2D eigenvalue weighted by Gasteiger charge is -2.17. The number of anilines is 1. The highest BCUT2D eigenvalue weighted by atomic mass is 79.9. The van der Waals surface area contributed by atoms with Crippen LogP contribution in [-0.4, -0.2) is 31.3 Å². The van der Waals surface area contributed by atoms with Gasteiger partial charge in [-0.2, -0.15) is 0 Å². The first-order chi connectivity index (χ1) is 12.0. The quantitative estimate of drug-likeness (QED) is 0.449. The predicted molar refractivity (Wildman–Crippen MR) is 97.3 cm³/mol. The van der Waals surface area contributed by atoms with Crippen LogP contribution in [0.1, 0.15) is 15.9 Å². The molecule has 1 amide bonds. The van der Waals surface area contributed by atoms with Crippen LogP contribution in [0.25, 0.3) is 6.08 Å². The van der Waals surface area contributed by atoms with Gasteiger partial charge in [0, 0.05) is 4.47 Å². The summed E-state index contributed by atoms with van der Waals surface area (Å²) < 4.78 is 5.74. The third-order valence-corrected chi connectivity index (χ3v) is 4.39. The van der Waals surface area contributed by atoms with Crippen molar-refractivity contribution in [2.75, 3.05) is 18.6 Å². The van der Waals surface area contributed by atoms with Crippen molar-refractivity contribution in [2.45, 2.75) is 0 Å². The van der Waals surface area contributed by atoms with Crippen LogP contribution in [0.4, 0.5) is 5.69 Å². The lowest BCUT2D eigenvalue weighted by molar-refractivity contribution is -0.136. The first-order valence-electron chi connectivity index (χ1n) is 7.51. The number of halogens is 1. The fraction of sp³-hybridized carbons (Fsp3) is 0.105. The topological polar surface area (TPSA) is 63.7 Å². The lowest BCUT2D eigenvalue weighted by atomic mass is 10.1. The summed E-state index contributed by atoms with van der Waals surface area (Å²) >= 11 is 3.36. The number of carbonyl (C=O) groups excluding carboxylic acids is 3. The molecule has 0 saturated heterocycles. The first kappa shape index (κ1) is 17.1. The van der Waals surface area contributed by atoms with Crippen LogP contribution in [0.2, 0.25) is 0 Å². The summed E-state index contributed by atoms with van der Waals surface area (Å²) in [5, 5.41) is 0. The molecule has 0 N–H and O–H groups in total. The standard InChI is InChI=1S/C19H14BrNO4/c1-25-19(24)13(10-12-6-8-14(20)9-7-12)11-21-16-5-3-2-4-15(16)17(22)18(21)23/h2-10H,11H2,1H3/b13-10+. The maximum absolute atomic E-state index is 12.3. The summed E-state index contributed by atoms with van der Waals surface area (Å²) in [7, 11) is 1.28. The Morgan fingerprint density at radius 1 is 1.12 bits per heavy atom. The first-order valence-corrected chi connectivity index (χ1v) is 8.30. The molecule has 0 aromatic heterocycles. The van der Waals surface area contributed by atoms with Crippen LogP contribution in [0.15, 0.2) is 58.6 Å². The highest BCUT2D eigenvalue weighted by molar-refractivity contribution is 9.10. The molecule has 0 spiro atoms. The van der Waals surface area contributed by atoms with Gasteiger partial charge in [0.25, 0.3) is 11.7 Å². The van der Waals surface area contributed by atoms with Gasteiger partial charge in [-0.1, -0.05) is 40.2 Å². The van der Waals surface area contributed by atoms with Crippen LogP contribution in [0.3, 0.4) is 0 Å². The second-order valence-electron chi connectivity index (χ2n) is 5.45. The number of fused-ring (bicyclic) bond motifs is 1. The molecule has 126 valence electrons. The molecule has 0 saturated carbocycles. The van der Waals surface area contributed by atoms with E-state index < -0.39 is 17.7 Å². The molecular formula is C19H14BrNO4. The number of amides is 1. The van der Waals surface area contributed by atoms with Crippen molar-refractivity contribution in [3.63, 3.8) is 0 Å². The third-order valence-electron chi connectivity index (χ3n) is 3.87. The minimum atomic E-state index is -0.646. The van der Waals surface area contributed by atoms with Crippen molar-refractivity contribution >= 4 is 45.4 Å². The summed E-state index contributed by atoms with van der Waals surface area (Å²) in [4.78, 5) is 37.8. The van der Waals surface area contributed by atoms with Crippen molar-refractivity contribution in [3.05, 3.63) is 69.7 Å². The molecule has 1 heterocycles. The van der Waals surface area contributed by atoms with E-state index in [1.54, 1.807) is 30.3 Å². The van der Waals surface area contributed by atoms with Gasteiger partial charge in [0.15, 0.2) is 0 Å². The Morgan fingerprint density at radius 2 is 1.80 bits per heavy atom. The molecule has 1 aliphatic rings. The van der Waals surface area contributed by atoms with Crippen molar-refractivity contribution < 1.29 is 19.1 Å². The Balaban J connectivity index is 1.96. The zero-order chi connectivity index (χ0) is 18.0. The second-order valence-corrected chi connectivity index (χ2v) is 6.37. The average molecular weight is 400 g/mol. The molecule has 0 radical (unpaired) electrons. The van der Waals surface area contributed by atoms with Crippen LogP contribution in [0, 0.1) is 0 Å². The maximum Gasteiger partial charge on any atom is 0.335 e. The van der Waals surface area contributed by atoms with Crippen molar-refractivity contribution in [1.29, 1.82) is 0 Å². The minimum Gasteiger partial charge on any atom is -0.466 e. The van der Waals surface area contributed by atoms with E-state index in [0.29, 0.717) is 11.3 Å². The summed E-state index contributed by atoms with van der Waals surface area (Å²) in [6.45, 7) is -0.0374. The number of Topliss-reactive ketones (excluding diaryl/α,β-unsaturated/α-hetero) is 1. The van der Waals surface area contributed by atoms with Crippen LogP contribution in [-0.2, 0) is 14.3 Å². The zero-order valence-electron chi connectivity index (χ0n) is 13.4. The second kappa shape index (κ2) is 7.03. The Morgan fingerprint density at radius 3 is 2.48 bits per heavy atom. The van der Waals surface area contributed by atoms with E-state index in [9.17, 15) is 14.4 Å². The number of benzene rings is 2. The Kier molecular flexibility index (Phi) is 4.81. The van der Waals surface area contributed by atoms with Gasteiger partial charge in [0.1, 0.15) is 0 Å². The smallest absolute Gasteiger partial charge is 0.335 e. The summed E-state index contributed by atoms with van der Waals surface area (Å²) in [5.74, 6) is -1.76. The minimum absolute atomic E-state index is 0.0374. The summed E-state index contributed by atoms with van der Waals surface area (Å²) in [5.41, 5.74) is 1.92. The molecular weight excluding hydrogens is 386 g/mol. The van der Waals surface area contributed by atoms with Crippen LogP contribution >= 0.6 is 15.9 Å². The van der Waals surface area contributed by atoms with Crippen molar-refractivity contribution in [2.24, 2.45) is 0 Å². The summed E-state index contributed by atoms with van der Waals surface area (Å²) in [6, 6.07) is 14.1. The zero-order valence-corrected chi connectivity index (χ0v) is 14.9. The fourth-order valence-electron chi connectivity index (χ4n) is 2.64. The number of rotatable bonds is 4. The Hall–Kier alpha value is -2.73. The highest BCUT2D eigenvalue weighted by Gasteiger charge is 2.36. The number of ether oxygens (including phenoxy) is 1. The van der Waals surface area contributed by atoms with Crippen molar-refractivity contribution in [3.8, 4) is 0 Å². The SMILES string of the molecule is COC(=O)/C(=C/c1ccc(Br)cc1)CN1C(=O)C(=O)c2ccccc21. The van der Waals surface area contributed by atoms with E-state index in [0.717, 1.165) is 10.0 Å². The molecule has 2 aromatic rings. The molecule has 0 aliphatic carbocycles. The van der Waals surface area contributed by atoms with E-state index in [4.69, 9.17) is 4.74 Å². The number of nitrogens with zero attached hydrogens (tertiary/aromatic N) is 1. The van der Waals surface area contributed by atoms with Gasteiger partial charge in [-0.25, -0.2) is 4.79 Å². The molecule has 25 heavy (non-hydrogen) atoms. The number of hydrogen-bond donors (Lipinski definition) is 0. The highest BCUT2D eigenvalue weighted by Crippen LogP contribution is 2.29. The van der Waals surface area contributed by atoms with Gasteiger partial charge >= 0.3 is 5.97 Å². The average Bonchev–Trinajstić information content (AvgIpc) is 2.87. The molecule has 6 heteroatoms. The fourth-order valence-corrected chi connectivity index (χ4v) is 2.90. The summed E-state index contributed by atoms with van der Waals surface area (Å²) in [6.07, 6.45) is 1.65. The molecule has 2 aromatic carbocycles. The Bertz CT molecular complexity index is 887. The van der Waals surface area contributed by atoms with E-state index in [-0.39, 0.29) is 12.1 Å². The molecule has 3 rings (SSSR count). The van der Waals surface area contributed by atoms with E-state index in [1.807, 2.05) is 24.3 Å². The van der Waals surface area contributed by atoms with Gasteiger partial charge < -0.3 is 9.64 Å². The van der Waals surface area contributed by atoms with E-state index >= 15 is 0 Å². The van der Waals surface area contributed by atoms with Gasteiger partial charge in [0.05, 0.1) is 30.5 Å². The van der Waals surface area contributed by atoms with Gasteiger partial charge in [-0.05, 0) is 35.9 Å². The monoisotopic (exact) mass is 399 g/mol. The Labute approximate surface area is 153 Å². The van der Waals surface area contributed by atoms with E-state index in [1.165, 1.54) is 12.0 Å². The van der Waals surface area contributed by atoms with Gasteiger partial charge in [0.2, 0.25) is 0 Å². The van der Waals surface area contributed by atoms with Gasteiger partial charge in [-0.15, -0.1) is 0 Å². The largest absolute Gasteiger partial charge is 0.466 e.